The molecule has 1 nitrogen and oxygen atoms in total. The molecule has 0 bridgehead atoms. The number of anilines is 3. The lowest BCUT2D eigenvalue weighted by atomic mass is 9.88. The summed E-state index contributed by atoms with van der Waals surface area (Å²) in [7, 11) is 0. The fourth-order valence-electron chi connectivity index (χ4n) is 8.11. The van der Waals surface area contributed by atoms with E-state index in [2.05, 4.69) is 229 Å². The average Bonchev–Trinajstić information content (AvgIpc) is 3.67. The molecular weight excluding hydrogens is 695 g/mol. The van der Waals surface area contributed by atoms with Gasteiger partial charge in [0.1, 0.15) is 0 Å². The Hall–Kier alpha value is -7.00. The van der Waals surface area contributed by atoms with Gasteiger partial charge in [-0.15, -0.1) is 11.3 Å². The topological polar surface area (TPSA) is 3.24 Å². The van der Waals surface area contributed by atoms with Crippen molar-refractivity contribution in [3.63, 3.8) is 0 Å². The molecule has 1 aromatic heterocycles. The molecule has 0 fully saturated rings. The summed E-state index contributed by atoms with van der Waals surface area (Å²) in [4.78, 5) is 2.44. The Labute approximate surface area is 332 Å². The van der Waals surface area contributed by atoms with Crippen LogP contribution in [0.4, 0.5) is 17.1 Å². The van der Waals surface area contributed by atoms with Crippen molar-refractivity contribution in [2.75, 3.05) is 4.90 Å². The van der Waals surface area contributed by atoms with E-state index in [0.717, 1.165) is 22.6 Å². The molecule has 264 valence electrons. The minimum Gasteiger partial charge on any atom is -0.310 e. The highest BCUT2D eigenvalue weighted by atomic mass is 32.1. The van der Waals surface area contributed by atoms with Crippen LogP contribution in [0.15, 0.2) is 224 Å². The number of benzene rings is 9. The standard InChI is InChI=1S/C54H37NS/c1-3-18-38(19-4-1)40-22-15-24-42(36-40)55(43-25-16-23-41(37-43)45-32-17-33-51-50-31-12-14-35-53(50)56-54(45)51)52-34-13-11-30-49(52)48-29-10-9-28-47(48)46-27-8-7-26-44(46)39-20-5-2-6-21-39/h1-37H. The number of para-hydroxylation sites is 1. The molecule has 0 saturated heterocycles. The first kappa shape index (κ1) is 33.6. The Morgan fingerprint density at radius 2 is 0.750 bits per heavy atom. The molecule has 0 aliphatic heterocycles. The third-order valence-electron chi connectivity index (χ3n) is 10.7. The number of rotatable bonds is 8. The first-order chi connectivity index (χ1) is 27.8. The maximum Gasteiger partial charge on any atom is 0.0540 e. The fourth-order valence-corrected chi connectivity index (χ4v) is 9.34. The van der Waals surface area contributed by atoms with Gasteiger partial charge in [-0.25, -0.2) is 0 Å². The van der Waals surface area contributed by atoms with Gasteiger partial charge in [0.25, 0.3) is 0 Å². The largest absolute Gasteiger partial charge is 0.310 e. The van der Waals surface area contributed by atoms with Crippen molar-refractivity contribution in [3.05, 3.63) is 224 Å². The lowest BCUT2D eigenvalue weighted by molar-refractivity contribution is 1.28. The van der Waals surface area contributed by atoms with Crippen molar-refractivity contribution in [1.29, 1.82) is 0 Å². The van der Waals surface area contributed by atoms with E-state index in [1.165, 1.54) is 70.2 Å². The van der Waals surface area contributed by atoms with Crippen LogP contribution in [0.5, 0.6) is 0 Å². The second-order valence-electron chi connectivity index (χ2n) is 14.1. The predicted molar refractivity (Wildman–Crippen MR) is 241 cm³/mol. The molecule has 0 atom stereocenters. The van der Waals surface area contributed by atoms with Crippen molar-refractivity contribution in [3.8, 4) is 55.6 Å². The smallest absolute Gasteiger partial charge is 0.0540 e. The first-order valence-corrected chi connectivity index (χ1v) is 19.9. The number of thiophene rings is 1. The second-order valence-corrected chi connectivity index (χ2v) is 15.1. The zero-order chi connectivity index (χ0) is 37.3. The van der Waals surface area contributed by atoms with E-state index < -0.39 is 0 Å². The Kier molecular flexibility index (Phi) is 8.79. The van der Waals surface area contributed by atoms with Crippen LogP contribution < -0.4 is 4.90 Å². The molecule has 0 spiro atoms. The van der Waals surface area contributed by atoms with Gasteiger partial charge in [-0.3, -0.25) is 0 Å². The number of hydrogen-bond donors (Lipinski definition) is 0. The molecule has 10 rings (SSSR count). The minimum absolute atomic E-state index is 1.10. The van der Waals surface area contributed by atoms with Gasteiger partial charge in [0.15, 0.2) is 0 Å². The van der Waals surface area contributed by atoms with Gasteiger partial charge in [-0.1, -0.05) is 188 Å². The van der Waals surface area contributed by atoms with E-state index in [1.54, 1.807) is 0 Å². The van der Waals surface area contributed by atoms with Crippen molar-refractivity contribution < 1.29 is 0 Å². The van der Waals surface area contributed by atoms with Crippen LogP contribution >= 0.6 is 11.3 Å². The van der Waals surface area contributed by atoms with Gasteiger partial charge in [0, 0.05) is 37.1 Å². The molecule has 2 heteroatoms. The van der Waals surface area contributed by atoms with E-state index in [-0.39, 0.29) is 0 Å². The highest BCUT2D eigenvalue weighted by molar-refractivity contribution is 7.26. The molecule has 0 aliphatic carbocycles. The molecule has 10 aromatic rings. The summed E-state index contributed by atoms with van der Waals surface area (Å²) in [6.07, 6.45) is 0. The normalized spacial score (nSPS) is 11.2. The fraction of sp³-hybridized carbons (Fsp3) is 0. The van der Waals surface area contributed by atoms with Crippen LogP contribution in [-0.4, -0.2) is 0 Å². The molecule has 1 heterocycles. The van der Waals surface area contributed by atoms with Crippen molar-refractivity contribution in [1.82, 2.24) is 0 Å². The predicted octanol–water partition coefficient (Wildman–Crippen LogP) is 15.9. The van der Waals surface area contributed by atoms with Crippen LogP contribution in [-0.2, 0) is 0 Å². The highest BCUT2D eigenvalue weighted by Crippen LogP contribution is 2.47. The number of nitrogens with zero attached hydrogens (tertiary/aromatic N) is 1. The first-order valence-electron chi connectivity index (χ1n) is 19.1. The molecule has 0 radical (unpaired) electrons. The van der Waals surface area contributed by atoms with Gasteiger partial charge in [0.05, 0.1) is 5.69 Å². The van der Waals surface area contributed by atoms with Crippen molar-refractivity contribution in [2.45, 2.75) is 0 Å². The van der Waals surface area contributed by atoms with E-state index in [0.29, 0.717) is 0 Å². The lowest BCUT2D eigenvalue weighted by Crippen LogP contribution is -2.11. The number of hydrogen-bond acceptors (Lipinski definition) is 2. The molecule has 0 N–H and O–H groups in total. The van der Waals surface area contributed by atoms with Crippen LogP contribution in [0.2, 0.25) is 0 Å². The summed E-state index contributed by atoms with van der Waals surface area (Å²) in [5, 5.41) is 2.62. The molecule has 0 aliphatic rings. The van der Waals surface area contributed by atoms with Crippen LogP contribution in [0.25, 0.3) is 75.8 Å². The molecule has 0 amide bonds. The summed E-state index contributed by atoms with van der Waals surface area (Å²) in [5.74, 6) is 0. The zero-order valence-corrected chi connectivity index (χ0v) is 31.5. The third kappa shape index (κ3) is 6.17. The SMILES string of the molecule is c1ccc(-c2cccc(N(c3cccc(-c4cccc5c4sc4ccccc45)c3)c3ccccc3-c3ccccc3-c3ccccc3-c3ccccc3)c2)cc1. The summed E-state index contributed by atoms with van der Waals surface area (Å²) >= 11 is 1.87. The van der Waals surface area contributed by atoms with Gasteiger partial charge in [0.2, 0.25) is 0 Å². The second kappa shape index (κ2) is 14.7. The maximum atomic E-state index is 2.44. The zero-order valence-electron chi connectivity index (χ0n) is 30.7. The van der Waals surface area contributed by atoms with Gasteiger partial charge < -0.3 is 4.90 Å². The van der Waals surface area contributed by atoms with Gasteiger partial charge in [-0.05, 0) is 86.5 Å². The Morgan fingerprint density at radius 1 is 0.286 bits per heavy atom. The van der Waals surface area contributed by atoms with Crippen molar-refractivity contribution in [2.24, 2.45) is 0 Å². The third-order valence-corrected chi connectivity index (χ3v) is 11.9. The molecule has 9 aromatic carbocycles. The quantitative estimate of drug-likeness (QED) is 0.150. The lowest BCUT2D eigenvalue weighted by Gasteiger charge is -2.29. The summed E-state index contributed by atoms with van der Waals surface area (Å²) in [6, 6.07) is 81.3. The van der Waals surface area contributed by atoms with E-state index in [1.807, 2.05) is 11.3 Å². The minimum atomic E-state index is 1.10. The highest BCUT2D eigenvalue weighted by Gasteiger charge is 2.21. The number of fused-ring (bicyclic) bond motifs is 3. The van der Waals surface area contributed by atoms with E-state index in [4.69, 9.17) is 0 Å². The summed E-state index contributed by atoms with van der Waals surface area (Å²) in [5.41, 5.74) is 15.3. The van der Waals surface area contributed by atoms with Crippen LogP contribution in [0.1, 0.15) is 0 Å². The maximum absolute atomic E-state index is 2.44. The summed E-state index contributed by atoms with van der Waals surface area (Å²) in [6.45, 7) is 0. The Balaban J connectivity index is 1.18. The average molecular weight is 732 g/mol. The summed E-state index contributed by atoms with van der Waals surface area (Å²) < 4.78 is 2.63. The van der Waals surface area contributed by atoms with Crippen molar-refractivity contribution >= 4 is 48.6 Å². The Bertz CT molecular complexity index is 2980. The molecule has 56 heavy (non-hydrogen) atoms. The molecule has 0 saturated carbocycles. The van der Waals surface area contributed by atoms with Crippen LogP contribution in [0.3, 0.4) is 0 Å². The van der Waals surface area contributed by atoms with E-state index in [9.17, 15) is 0 Å². The molecular formula is C54H37NS. The van der Waals surface area contributed by atoms with Crippen LogP contribution in [0, 0.1) is 0 Å². The van der Waals surface area contributed by atoms with Gasteiger partial charge >= 0.3 is 0 Å². The van der Waals surface area contributed by atoms with E-state index >= 15 is 0 Å². The monoisotopic (exact) mass is 731 g/mol. The molecule has 0 unspecified atom stereocenters. The Morgan fingerprint density at radius 3 is 1.48 bits per heavy atom. The van der Waals surface area contributed by atoms with Gasteiger partial charge in [-0.2, -0.15) is 0 Å².